The predicted octanol–water partition coefficient (Wildman–Crippen LogP) is 9.26. The second-order valence-electron chi connectivity index (χ2n) is 24.1. The van der Waals surface area contributed by atoms with Gasteiger partial charge in [0.2, 0.25) is 0 Å². The molecule has 8 rings (SSSR count). The lowest BCUT2D eigenvalue weighted by Crippen LogP contribution is -2.47. The van der Waals surface area contributed by atoms with Crippen LogP contribution in [0.15, 0.2) is 138 Å². The number of pyridine rings is 5. The quantitative estimate of drug-likeness (QED) is 0.00848. The molecule has 580 valence electrons. The minimum Gasteiger partial charge on any atom is -0.480 e. The topological polar surface area (TPSA) is 432 Å². The zero-order chi connectivity index (χ0) is 80.8. The van der Waals surface area contributed by atoms with E-state index in [1.54, 1.807) is 108 Å². The highest BCUT2D eigenvalue weighted by atomic mass is 79.9. The van der Waals surface area contributed by atoms with Crippen LogP contribution in [0.4, 0.5) is 0 Å². The summed E-state index contributed by atoms with van der Waals surface area (Å²) < 4.78 is 106. The maximum atomic E-state index is 12.2. The fourth-order valence-corrected chi connectivity index (χ4v) is 13.1. The molecule has 0 fully saturated rings. The van der Waals surface area contributed by atoms with Gasteiger partial charge in [0.25, 0.3) is 0 Å². The first-order valence-electron chi connectivity index (χ1n) is 32.1. The molecule has 7 unspecified atom stereocenters. The molecule has 5 aromatic rings. The first kappa shape index (κ1) is 92.5. The number of carbonyl (C=O) groups excluding carboxylic acids is 4. The molecule has 0 aromatic carbocycles. The highest BCUT2D eigenvalue weighted by Gasteiger charge is 2.51. The van der Waals surface area contributed by atoms with Gasteiger partial charge >= 0.3 is 23.9 Å². The van der Waals surface area contributed by atoms with Crippen molar-refractivity contribution in [1.82, 2.24) is 24.9 Å². The second-order valence-corrected chi connectivity index (χ2v) is 36.7. The minimum absolute atomic E-state index is 0.0335. The van der Waals surface area contributed by atoms with E-state index in [1.165, 1.54) is 40.0 Å². The van der Waals surface area contributed by atoms with Gasteiger partial charge in [0.15, 0.2) is 64.6 Å². The molecule has 3 aliphatic rings. The molecule has 0 saturated carbocycles. The third-order valence-electron chi connectivity index (χ3n) is 15.9. The third-order valence-corrected chi connectivity index (χ3v) is 25.2. The number of aldehydes is 1. The third kappa shape index (κ3) is 27.5. The van der Waals surface area contributed by atoms with Crippen LogP contribution < -0.4 is 0 Å². The molecular formula is C70H84Br3N9O21S4. The number of carboxylic acid groups (broad SMARTS) is 1. The van der Waals surface area contributed by atoms with E-state index in [4.69, 9.17) is 33.9 Å². The van der Waals surface area contributed by atoms with E-state index < -0.39 is 101 Å². The van der Waals surface area contributed by atoms with Gasteiger partial charge < -0.3 is 39.0 Å². The number of nitrogens with zero attached hydrogens (tertiary/aromatic N) is 9. The molecular weight excluding hydrogens is 1670 g/mol. The number of sulfone groups is 4. The largest absolute Gasteiger partial charge is 0.480 e. The van der Waals surface area contributed by atoms with Crippen molar-refractivity contribution in [3.05, 3.63) is 157 Å². The lowest BCUT2D eigenvalue weighted by atomic mass is 9.98. The highest BCUT2D eigenvalue weighted by molar-refractivity contribution is 9.11. The van der Waals surface area contributed by atoms with E-state index in [0.29, 0.717) is 71.2 Å². The number of hydrogen-bond donors (Lipinski definition) is 2. The van der Waals surface area contributed by atoms with E-state index in [-0.39, 0.29) is 45.5 Å². The minimum atomic E-state index is -3.81. The Balaban J connectivity index is 0.000000346. The number of halogens is 3. The summed E-state index contributed by atoms with van der Waals surface area (Å²) in [5, 5.41) is 32.1. The monoisotopic (exact) mass is 1750 g/mol. The van der Waals surface area contributed by atoms with Crippen LogP contribution in [-0.2, 0) is 87.3 Å². The van der Waals surface area contributed by atoms with Gasteiger partial charge in [-0.05, 0) is 177 Å². The summed E-state index contributed by atoms with van der Waals surface area (Å²) in [6.07, 6.45) is 14.6. The highest BCUT2D eigenvalue weighted by Crippen LogP contribution is 2.33. The summed E-state index contributed by atoms with van der Waals surface area (Å²) in [6, 6.07) is 17.8. The van der Waals surface area contributed by atoms with E-state index >= 15 is 0 Å². The fourth-order valence-electron chi connectivity index (χ4n) is 9.14. The Morgan fingerprint density at radius 1 is 0.523 bits per heavy atom. The van der Waals surface area contributed by atoms with E-state index in [9.17, 15) is 62.8 Å². The standard InChI is InChI=1S/C18H22N2O5S.C16H18N2O5S.C15H19BrN2O5S.C9H16O4S.C6H5BrN2O.C6H4BrNO/c1-5-7-13-8-9-15(19-12-13)16-10-14(25-20-16)11-18(3,26(4,22)23)17(21)24-6-2;1-4-5-11-6-7-13(17-10-11)14-8-12(23-18-14)9-16(2,15(19)20)24(3,21)22;1-4-22-14(19)15(2,24(3,20)21)8-11-7-13(18-23-11)12-6-5-10(16)9-17-12;1-5-7-9(3,14(4,11)12)8(10)13-6-2;7-5-1-2-6(4-9-10)8-3-5;7-5-1-2-6(4-9)8-3-5/h8-9,12,14H,6,10-11H2,1-4H3;6-7,10,12H,8-9H2,1-3H3,(H,19,20);5-6,9,11H,4,7-8H2,1-3H3;5H,1,6-7H2,2-4H3;1-4,10H;1-4H/b;;;;9-4+;. The first-order valence-corrected chi connectivity index (χ1v) is 42.0. The van der Waals surface area contributed by atoms with Crippen LogP contribution in [0.1, 0.15) is 152 Å². The zero-order valence-corrected chi connectivity index (χ0v) is 68.9. The Bertz CT molecular complexity index is 4650. The van der Waals surface area contributed by atoms with Crippen LogP contribution in [-0.4, -0.2) is 205 Å². The lowest BCUT2D eigenvalue weighted by Gasteiger charge is -2.26. The number of carbonyl (C=O) groups is 5. The molecule has 107 heavy (non-hydrogen) atoms. The van der Waals surface area contributed by atoms with Gasteiger partial charge in [-0.1, -0.05) is 38.5 Å². The summed E-state index contributed by atoms with van der Waals surface area (Å²) in [7, 11) is -14.7. The van der Waals surface area contributed by atoms with Crippen molar-refractivity contribution in [3.8, 4) is 23.7 Å². The van der Waals surface area contributed by atoms with Crippen molar-refractivity contribution >= 4 is 141 Å². The van der Waals surface area contributed by atoms with Crippen molar-refractivity contribution in [2.75, 3.05) is 44.8 Å². The van der Waals surface area contributed by atoms with Gasteiger partial charge in [-0.3, -0.25) is 48.9 Å². The molecule has 8 heterocycles. The molecule has 0 aliphatic carbocycles. The van der Waals surface area contributed by atoms with Crippen molar-refractivity contribution < 1.29 is 96.7 Å². The average molecular weight is 1760 g/mol. The van der Waals surface area contributed by atoms with Crippen LogP contribution in [0, 0.1) is 23.7 Å². The van der Waals surface area contributed by atoms with Crippen LogP contribution in [0.25, 0.3) is 0 Å². The maximum Gasteiger partial charge on any atom is 0.327 e. The smallest absolute Gasteiger partial charge is 0.327 e. The number of aromatic nitrogens is 5. The number of allylic oxidation sites excluding steroid dienone is 1. The Kier molecular flexibility index (Phi) is 36.4. The summed E-state index contributed by atoms with van der Waals surface area (Å²) in [5.74, 6) is 7.68. The summed E-state index contributed by atoms with van der Waals surface area (Å²) in [5.41, 5.74) is 6.30. The molecule has 0 bridgehead atoms. The van der Waals surface area contributed by atoms with Crippen molar-refractivity contribution in [3.63, 3.8) is 0 Å². The molecule has 3 aliphatic heterocycles. The van der Waals surface area contributed by atoms with Crippen molar-refractivity contribution in [1.29, 1.82) is 0 Å². The molecule has 2 N–H and O–H groups in total. The van der Waals surface area contributed by atoms with Gasteiger partial charge in [0, 0.05) is 119 Å². The lowest BCUT2D eigenvalue weighted by molar-refractivity contribution is -0.147. The SMILES string of the molecule is C=CCC(C)(C(=O)OCC)S(C)(=O)=O.CC#Cc1ccc(C2=NOC(CC(C)(C(=O)O)S(C)(=O)=O)C2)nc1.CC#Cc1ccc(C2=NOC(CC(C)(C(=O)OCC)S(C)(=O)=O)C2)nc1.CCOC(=O)C(C)(CC1CC(c2ccc(Br)cn2)=NO1)S(C)(=O)=O.O/N=C/c1ccc(Br)cn1.O=Cc1ccc(Br)cn1. The molecule has 30 nitrogen and oxygen atoms in total. The second kappa shape index (κ2) is 42.1. The Morgan fingerprint density at radius 2 is 0.841 bits per heavy atom. The normalized spacial score (nSPS) is 17.2. The number of ether oxygens (including phenoxy) is 3. The van der Waals surface area contributed by atoms with Gasteiger partial charge in [-0.15, -0.1) is 18.4 Å². The number of esters is 3. The average Bonchev–Trinajstić information content (AvgIpc) is 1.79. The van der Waals surface area contributed by atoms with Gasteiger partial charge in [0.1, 0.15) is 41.1 Å². The van der Waals surface area contributed by atoms with Crippen molar-refractivity contribution in [2.24, 2.45) is 20.6 Å². The van der Waals surface area contributed by atoms with Gasteiger partial charge in [-0.2, -0.15) is 0 Å². The maximum absolute atomic E-state index is 12.2. The molecule has 0 radical (unpaired) electrons. The number of aliphatic carboxylic acids is 1. The molecule has 0 amide bonds. The van der Waals surface area contributed by atoms with Crippen LogP contribution in [0.5, 0.6) is 0 Å². The summed E-state index contributed by atoms with van der Waals surface area (Å²) in [4.78, 5) is 93.7. The predicted molar refractivity (Wildman–Crippen MR) is 411 cm³/mol. The number of hydrogen-bond acceptors (Lipinski definition) is 29. The summed E-state index contributed by atoms with van der Waals surface area (Å²) >= 11 is 9.73. The molecule has 37 heteroatoms. The Labute approximate surface area is 648 Å². The van der Waals surface area contributed by atoms with E-state index in [1.807, 2.05) is 18.2 Å². The first-order chi connectivity index (χ1) is 50.0. The van der Waals surface area contributed by atoms with Gasteiger partial charge in [0.05, 0.1) is 48.8 Å². The van der Waals surface area contributed by atoms with Crippen LogP contribution >= 0.6 is 47.8 Å². The fraction of sp³-hybridized carbons (Fsp3) is 0.429. The summed E-state index contributed by atoms with van der Waals surface area (Å²) in [6.45, 7) is 17.4. The van der Waals surface area contributed by atoms with Crippen molar-refractivity contribution in [2.45, 2.75) is 145 Å². The molecule has 5 aromatic heterocycles. The van der Waals surface area contributed by atoms with E-state index in [2.05, 4.69) is 124 Å². The molecule has 7 atom stereocenters. The Morgan fingerprint density at radius 3 is 1.10 bits per heavy atom. The van der Waals surface area contributed by atoms with Gasteiger partial charge in [-0.25, -0.2) is 33.7 Å². The number of oxime groups is 4. The molecule has 0 spiro atoms. The Hall–Kier alpha value is -8.72. The van der Waals surface area contributed by atoms with Crippen LogP contribution in [0.3, 0.4) is 0 Å². The van der Waals surface area contributed by atoms with Crippen LogP contribution in [0.2, 0.25) is 0 Å². The number of carboxylic acids is 1. The zero-order valence-electron chi connectivity index (χ0n) is 60.8. The van der Waals surface area contributed by atoms with E-state index in [0.717, 1.165) is 49.6 Å². The number of rotatable bonds is 24. The molecule has 0 saturated heterocycles.